The van der Waals surface area contributed by atoms with Crippen molar-refractivity contribution in [2.45, 2.75) is 40.2 Å². The van der Waals surface area contributed by atoms with Crippen LogP contribution < -0.4 is 0 Å². The number of carbonyl (C=O) groups excluding carboxylic acids is 1. The van der Waals surface area contributed by atoms with Gasteiger partial charge in [0.2, 0.25) is 0 Å². The third-order valence-electron chi connectivity index (χ3n) is 1.75. The van der Waals surface area contributed by atoms with Crippen molar-refractivity contribution in [3.63, 3.8) is 0 Å². The van der Waals surface area contributed by atoms with E-state index in [9.17, 15) is 4.79 Å². The van der Waals surface area contributed by atoms with E-state index in [-0.39, 0.29) is 11.6 Å². The highest BCUT2D eigenvalue weighted by Crippen LogP contribution is 2.16. The second-order valence-electron chi connectivity index (χ2n) is 4.65. The minimum atomic E-state index is -0.249. The van der Waals surface area contributed by atoms with Crippen molar-refractivity contribution in [3.05, 3.63) is 0 Å². The van der Waals surface area contributed by atoms with E-state index in [0.717, 1.165) is 6.54 Å². The average Bonchev–Trinajstić information content (AvgIpc) is 1.96. The molecule has 3 nitrogen and oxygen atoms in total. The largest absolute Gasteiger partial charge is 0.453 e. The van der Waals surface area contributed by atoms with Gasteiger partial charge in [0, 0.05) is 12.1 Å². The summed E-state index contributed by atoms with van der Waals surface area (Å²) in [6.45, 7) is 10.9. The zero-order valence-corrected chi connectivity index (χ0v) is 9.55. The molecule has 0 saturated carbocycles. The molecule has 0 aliphatic carbocycles. The van der Waals surface area contributed by atoms with E-state index >= 15 is 0 Å². The maximum absolute atomic E-state index is 11.4. The maximum atomic E-state index is 11.4. The average molecular weight is 187 g/mol. The number of methoxy groups -OCH3 is 1. The van der Waals surface area contributed by atoms with Crippen LogP contribution in [0.5, 0.6) is 0 Å². The van der Waals surface area contributed by atoms with Crippen LogP contribution in [0.1, 0.15) is 34.6 Å². The molecule has 0 heterocycles. The molecular weight excluding hydrogens is 166 g/mol. The van der Waals surface area contributed by atoms with Crippen molar-refractivity contribution < 1.29 is 9.53 Å². The van der Waals surface area contributed by atoms with E-state index < -0.39 is 0 Å². The molecule has 0 aromatic heterocycles. The molecule has 1 amide bonds. The van der Waals surface area contributed by atoms with Crippen molar-refractivity contribution >= 4 is 6.09 Å². The summed E-state index contributed by atoms with van der Waals surface area (Å²) in [4.78, 5) is 13.1. The fourth-order valence-electron chi connectivity index (χ4n) is 1.10. The highest BCUT2D eigenvalue weighted by atomic mass is 16.5. The summed E-state index contributed by atoms with van der Waals surface area (Å²) >= 11 is 0. The molecule has 0 unspecified atom stereocenters. The monoisotopic (exact) mass is 187 g/mol. The Morgan fingerprint density at radius 1 is 1.38 bits per heavy atom. The smallest absolute Gasteiger partial charge is 0.409 e. The first-order chi connectivity index (χ1) is 5.79. The number of ether oxygens (including phenoxy) is 1. The summed E-state index contributed by atoms with van der Waals surface area (Å²) in [5, 5.41) is 0. The Morgan fingerprint density at radius 2 is 1.85 bits per heavy atom. The Labute approximate surface area is 81.1 Å². The molecule has 0 saturated heterocycles. The third kappa shape index (κ3) is 4.15. The zero-order chi connectivity index (χ0) is 10.6. The quantitative estimate of drug-likeness (QED) is 0.664. The second kappa shape index (κ2) is 4.49. The van der Waals surface area contributed by atoms with Crippen LogP contribution >= 0.6 is 0 Å². The molecule has 0 aliphatic rings. The van der Waals surface area contributed by atoms with Gasteiger partial charge in [-0.3, -0.25) is 0 Å². The SMILES string of the molecule is COC(=O)N(CC(C)C)C(C)(C)C. The summed E-state index contributed by atoms with van der Waals surface area (Å²) in [7, 11) is 1.42. The number of carbonyl (C=O) groups is 1. The standard InChI is InChI=1S/C10H21NO2/c1-8(2)7-11(9(12)13-6)10(3,4)5/h8H,7H2,1-6H3. The van der Waals surface area contributed by atoms with Crippen LogP contribution in [0.3, 0.4) is 0 Å². The van der Waals surface area contributed by atoms with Crippen molar-refractivity contribution in [1.29, 1.82) is 0 Å². The summed E-state index contributed by atoms with van der Waals surface area (Å²) in [5.74, 6) is 0.457. The summed E-state index contributed by atoms with van der Waals surface area (Å²) in [6.07, 6.45) is -0.249. The number of nitrogens with zero attached hydrogens (tertiary/aromatic N) is 1. The van der Waals surface area contributed by atoms with Gasteiger partial charge in [0.05, 0.1) is 7.11 Å². The molecular formula is C10H21NO2. The van der Waals surface area contributed by atoms with E-state index in [0.29, 0.717) is 5.92 Å². The van der Waals surface area contributed by atoms with Crippen LogP contribution in [-0.2, 0) is 4.74 Å². The van der Waals surface area contributed by atoms with Crippen molar-refractivity contribution in [3.8, 4) is 0 Å². The number of hydrogen-bond acceptors (Lipinski definition) is 2. The maximum Gasteiger partial charge on any atom is 0.409 e. The van der Waals surface area contributed by atoms with Gasteiger partial charge in [-0.15, -0.1) is 0 Å². The van der Waals surface area contributed by atoms with Gasteiger partial charge in [-0.2, -0.15) is 0 Å². The van der Waals surface area contributed by atoms with Gasteiger partial charge in [-0.1, -0.05) is 13.8 Å². The lowest BCUT2D eigenvalue weighted by atomic mass is 10.0. The molecule has 0 aliphatic heterocycles. The van der Waals surface area contributed by atoms with Gasteiger partial charge in [-0.25, -0.2) is 4.79 Å². The molecule has 13 heavy (non-hydrogen) atoms. The Bertz CT molecular complexity index is 170. The first-order valence-corrected chi connectivity index (χ1v) is 4.64. The fourth-order valence-corrected chi connectivity index (χ4v) is 1.10. The number of rotatable bonds is 2. The zero-order valence-electron chi connectivity index (χ0n) is 9.55. The molecule has 0 bridgehead atoms. The van der Waals surface area contributed by atoms with E-state index in [1.807, 2.05) is 20.8 Å². The van der Waals surface area contributed by atoms with E-state index in [4.69, 9.17) is 4.74 Å². The molecule has 0 atom stereocenters. The summed E-state index contributed by atoms with van der Waals surface area (Å²) < 4.78 is 4.73. The van der Waals surface area contributed by atoms with Crippen LogP contribution in [0.25, 0.3) is 0 Å². The van der Waals surface area contributed by atoms with Crippen LogP contribution in [-0.4, -0.2) is 30.2 Å². The molecule has 0 aromatic rings. The number of hydrogen-bond donors (Lipinski definition) is 0. The second-order valence-corrected chi connectivity index (χ2v) is 4.65. The highest BCUT2D eigenvalue weighted by Gasteiger charge is 2.27. The number of amides is 1. The Hall–Kier alpha value is -0.730. The lowest BCUT2D eigenvalue weighted by molar-refractivity contribution is 0.0767. The first-order valence-electron chi connectivity index (χ1n) is 4.64. The third-order valence-corrected chi connectivity index (χ3v) is 1.75. The van der Waals surface area contributed by atoms with Crippen LogP contribution in [0.4, 0.5) is 4.79 Å². The van der Waals surface area contributed by atoms with Gasteiger partial charge < -0.3 is 9.64 Å². The molecule has 0 aromatic carbocycles. The van der Waals surface area contributed by atoms with E-state index in [1.165, 1.54) is 7.11 Å². The van der Waals surface area contributed by atoms with Crippen molar-refractivity contribution in [2.75, 3.05) is 13.7 Å². The molecule has 3 heteroatoms. The summed E-state index contributed by atoms with van der Waals surface area (Å²) in [6, 6.07) is 0. The highest BCUT2D eigenvalue weighted by molar-refractivity contribution is 5.68. The molecule has 0 radical (unpaired) electrons. The molecule has 0 N–H and O–H groups in total. The lowest BCUT2D eigenvalue weighted by Crippen LogP contribution is -2.47. The normalized spacial score (nSPS) is 11.6. The Kier molecular flexibility index (Phi) is 4.24. The predicted molar refractivity (Wildman–Crippen MR) is 53.7 cm³/mol. The van der Waals surface area contributed by atoms with E-state index in [2.05, 4.69) is 13.8 Å². The van der Waals surface area contributed by atoms with Crippen molar-refractivity contribution in [2.24, 2.45) is 5.92 Å². The van der Waals surface area contributed by atoms with Gasteiger partial charge >= 0.3 is 6.09 Å². The molecule has 0 spiro atoms. The van der Waals surface area contributed by atoms with E-state index in [1.54, 1.807) is 4.90 Å². The topological polar surface area (TPSA) is 29.5 Å². The minimum Gasteiger partial charge on any atom is -0.453 e. The Balaban J connectivity index is 4.47. The predicted octanol–water partition coefficient (Wildman–Crippen LogP) is 2.51. The van der Waals surface area contributed by atoms with Gasteiger partial charge in [0.15, 0.2) is 0 Å². The lowest BCUT2D eigenvalue weighted by Gasteiger charge is -2.35. The van der Waals surface area contributed by atoms with Gasteiger partial charge in [0.25, 0.3) is 0 Å². The van der Waals surface area contributed by atoms with Gasteiger partial charge in [-0.05, 0) is 26.7 Å². The minimum absolute atomic E-state index is 0.169. The molecule has 78 valence electrons. The van der Waals surface area contributed by atoms with Gasteiger partial charge in [0.1, 0.15) is 0 Å². The fraction of sp³-hybridized carbons (Fsp3) is 0.900. The van der Waals surface area contributed by atoms with Crippen LogP contribution in [0.2, 0.25) is 0 Å². The molecule has 0 rings (SSSR count). The first kappa shape index (κ1) is 12.3. The molecule has 0 fully saturated rings. The van der Waals surface area contributed by atoms with Crippen molar-refractivity contribution in [1.82, 2.24) is 4.90 Å². The van der Waals surface area contributed by atoms with Crippen LogP contribution in [0, 0.1) is 5.92 Å². The summed E-state index contributed by atoms with van der Waals surface area (Å²) in [5.41, 5.74) is -0.169. The Morgan fingerprint density at radius 3 is 2.08 bits per heavy atom. The van der Waals surface area contributed by atoms with Crippen LogP contribution in [0.15, 0.2) is 0 Å².